The SMILES string of the molecule is Cn1c(CC#N)nc2cc(S(=O)(=O)N3CCOCC3)ccc21. The minimum Gasteiger partial charge on any atom is -0.379 e. The summed E-state index contributed by atoms with van der Waals surface area (Å²) in [6.07, 6.45) is 0.191. The molecule has 0 amide bonds. The van der Waals surface area contributed by atoms with Crippen molar-refractivity contribution in [2.75, 3.05) is 26.3 Å². The van der Waals surface area contributed by atoms with Crippen molar-refractivity contribution in [2.45, 2.75) is 11.3 Å². The summed E-state index contributed by atoms with van der Waals surface area (Å²) in [7, 11) is -1.71. The number of morpholine rings is 1. The van der Waals surface area contributed by atoms with Gasteiger partial charge in [-0.2, -0.15) is 9.57 Å². The Hall–Kier alpha value is -1.95. The van der Waals surface area contributed by atoms with Crippen molar-refractivity contribution < 1.29 is 13.2 Å². The standard InChI is InChI=1S/C14H16N4O3S/c1-17-13-3-2-11(10-12(13)16-14(17)4-5-15)22(19,20)18-6-8-21-9-7-18/h2-3,10H,4,6-9H2,1H3. The van der Waals surface area contributed by atoms with Crippen molar-refractivity contribution in [1.29, 1.82) is 5.26 Å². The van der Waals surface area contributed by atoms with Gasteiger partial charge in [0.2, 0.25) is 10.0 Å². The van der Waals surface area contributed by atoms with E-state index >= 15 is 0 Å². The van der Waals surface area contributed by atoms with Gasteiger partial charge in [-0.05, 0) is 18.2 Å². The zero-order valence-electron chi connectivity index (χ0n) is 12.2. The van der Waals surface area contributed by atoms with Crippen molar-refractivity contribution in [1.82, 2.24) is 13.9 Å². The van der Waals surface area contributed by atoms with Crippen LogP contribution in [0.25, 0.3) is 11.0 Å². The summed E-state index contributed by atoms with van der Waals surface area (Å²) < 4.78 is 33.7. The summed E-state index contributed by atoms with van der Waals surface area (Å²) in [4.78, 5) is 4.58. The Labute approximate surface area is 128 Å². The zero-order valence-corrected chi connectivity index (χ0v) is 13.0. The highest BCUT2D eigenvalue weighted by atomic mass is 32.2. The van der Waals surface area contributed by atoms with Crippen LogP contribution in [0.2, 0.25) is 0 Å². The predicted molar refractivity (Wildman–Crippen MR) is 79.6 cm³/mol. The lowest BCUT2D eigenvalue weighted by Gasteiger charge is -2.26. The second-order valence-corrected chi connectivity index (χ2v) is 7.03. The lowest BCUT2D eigenvalue weighted by molar-refractivity contribution is 0.0730. The summed E-state index contributed by atoms with van der Waals surface area (Å²) in [6, 6.07) is 6.95. The molecule has 7 nitrogen and oxygen atoms in total. The van der Waals surface area contributed by atoms with E-state index in [4.69, 9.17) is 10.00 Å². The summed E-state index contributed by atoms with van der Waals surface area (Å²) in [5.41, 5.74) is 1.40. The maximum Gasteiger partial charge on any atom is 0.243 e. The minimum atomic E-state index is -3.53. The lowest BCUT2D eigenvalue weighted by atomic mass is 10.3. The van der Waals surface area contributed by atoms with Crippen LogP contribution in [0.15, 0.2) is 23.1 Å². The number of rotatable bonds is 3. The molecular formula is C14H16N4O3S. The van der Waals surface area contributed by atoms with Crippen LogP contribution in [0.5, 0.6) is 0 Å². The van der Waals surface area contributed by atoms with Crippen molar-refractivity contribution >= 4 is 21.1 Å². The number of aromatic nitrogens is 2. The second kappa shape index (κ2) is 5.68. The summed E-state index contributed by atoms with van der Waals surface area (Å²) in [6.45, 7) is 1.55. The van der Waals surface area contributed by atoms with Crippen LogP contribution in [-0.2, 0) is 28.2 Å². The first-order chi connectivity index (χ1) is 10.5. The van der Waals surface area contributed by atoms with Gasteiger partial charge in [-0.3, -0.25) is 0 Å². The minimum absolute atomic E-state index is 0.191. The average molecular weight is 320 g/mol. The van der Waals surface area contributed by atoms with E-state index in [2.05, 4.69) is 11.1 Å². The molecule has 0 atom stereocenters. The van der Waals surface area contributed by atoms with E-state index in [0.717, 1.165) is 5.52 Å². The Morgan fingerprint density at radius 2 is 2.09 bits per heavy atom. The Balaban J connectivity index is 2.03. The van der Waals surface area contributed by atoms with Gasteiger partial charge >= 0.3 is 0 Å². The van der Waals surface area contributed by atoms with E-state index in [-0.39, 0.29) is 11.3 Å². The molecule has 1 fully saturated rings. The number of ether oxygens (including phenoxy) is 1. The number of fused-ring (bicyclic) bond motifs is 1. The molecule has 0 unspecified atom stereocenters. The molecule has 1 saturated heterocycles. The summed E-state index contributed by atoms with van der Waals surface area (Å²) in [5, 5.41) is 8.81. The fourth-order valence-electron chi connectivity index (χ4n) is 2.55. The molecule has 2 heterocycles. The van der Waals surface area contributed by atoms with Gasteiger partial charge < -0.3 is 9.30 Å². The highest BCUT2D eigenvalue weighted by Crippen LogP contribution is 2.23. The smallest absolute Gasteiger partial charge is 0.243 e. The van der Waals surface area contributed by atoms with Crippen LogP contribution in [0.3, 0.4) is 0 Å². The van der Waals surface area contributed by atoms with Crippen molar-refractivity contribution in [3.8, 4) is 6.07 Å². The molecule has 1 aromatic carbocycles. The van der Waals surface area contributed by atoms with E-state index in [0.29, 0.717) is 37.6 Å². The van der Waals surface area contributed by atoms with Gasteiger partial charge in [0.05, 0.1) is 41.6 Å². The molecule has 2 aromatic rings. The predicted octanol–water partition coefficient (Wildman–Crippen LogP) is 0.660. The highest BCUT2D eigenvalue weighted by molar-refractivity contribution is 7.89. The van der Waals surface area contributed by atoms with Crippen molar-refractivity contribution in [3.63, 3.8) is 0 Å². The van der Waals surface area contributed by atoms with Crippen molar-refractivity contribution in [3.05, 3.63) is 24.0 Å². The molecule has 1 aliphatic heterocycles. The molecule has 8 heteroatoms. The largest absolute Gasteiger partial charge is 0.379 e. The maximum absolute atomic E-state index is 12.6. The normalized spacial score (nSPS) is 16.7. The van der Waals surface area contributed by atoms with Gasteiger partial charge in [-0.25, -0.2) is 13.4 Å². The van der Waals surface area contributed by atoms with Crippen LogP contribution in [0.4, 0.5) is 0 Å². The number of hydrogen-bond donors (Lipinski definition) is 0. The van der Waals surface area contributed by atoms with Gasteiger partial charge in [0.25, 0.3) is 0 Å². The molecule has 0 N–H and O–H groups in total. The molecule has 1 aliphatic rings. The maximum atomic E-state index is 12.6. The molecule has 0 aliphatic carbocycles. The van der Waals surface area contributed by atoms with Gasteiger partial charge in [-0.1, -0.05) is 0 Å². The lowest BCUT2D eigenvalue weighted by Crippen LogP contribution is -2.40. The molecule has 0 radical (unpaired) electrons. The van der Waals surface area contributed by atoms with E-state index in [1.165, 1.54) is 4.31 Å². The first kappa shape index (κ1) is 15.0. The van der Waals surface area contributed by atoms with Gasteiger partial charge in [0, 0.05) is 20.1 Å². The Morgan fingerprint density at radius 3 is 2.77 bits per heavy atom. The Morgan fingerprint density at radius 1 is 1.36 bits per heavy atom. The molecule has 0 spiro atoms. The number of hydrogen-bond acceptors (Lipinski definition) is 5. The summed E-state index contributed by atoms with van der Waals surface area (Å²) in [5.74, 6) is 0.624. The molecule has 3 rings (SSSR count). The third kappa shape index (κ3) is 2.47. The van der Waals surface area contributed by atoms with E-state index < -0.39 is 10.0 Å². The third-order valence-electron chi connectivity index (χ3n) is 3.79. The van der Waals surface area contributed by atoms with Crippen LogP contribution in [-0.4, -0.2) is 48.6 Å². The fourth-order valence-corrected chi connectivity index (χ4v) is 3.98. The van der Waals surface area contributed by atoms with Gasteiger partial charge in [-0.15, -0.1) is 0 Å². The molecule has 22 heavy (non-hydrogen) atoms. The Bertz CT molecular complexity index is 845. The molecule has 116 valence electrons. The van der Waals surface area contributed by atoms with Gasteiger partial charge in [0.15, 0.2) is 0 Å². The zero-order chi connectivity index (χ0) is 15.7. The van der Waals surface area contributed by atoms with Crippen molar-refractivity contribution in [2.24, 2.45) is 7.05 Å². The number of nitriles is 1. The number of sulfonamides is 1. The topological polar surface area (TPSA) is 88.2 Å². The van der Waals surface area contributed by atoms with Gasteiger partial charge in [0.1, 0.15) is 5.82 Å². The summed E-state index contributed by atoms with van der Waals surface area (Å²) >= 11 is 0. The Kier molecular flexibility index (Phi) is 3.87. The quantitative estimate of drug-likeness (QED) is 0.829. The monoisotopic (exact) mass is 320 g/mol. The first-order valence-electron chi connectivity index (χ1n) is 6.94. The van der Waals surface area contributed by atoms with Crippen LogP contribution < -0.4 is 0 Å². The second-order valence-electron chi connectivity index (χ2n) is 5.09. The van der Waals surface area contributed by atoms with Crippen LogP contribution in [0, 0.1) is 11.3 Å². The third-order valence-corrected chi connectivity index (χ3v) is 5.68. The first-order valence-corrected chi connectivity index (χ1v) is 8.38. The van der Waals surface area contributed by atoms with E-state index in [1.807, 2.05) is 11.6 Å². The average Bonchev–Trinajstić information content (AvgIpc) is 2.84. The fraction of sp³-hybridized carbons (Fsp3) is 0.429. The molecule has 1 aromatic heterocycles. The number of nitrogens with zero attached hydrogens (tertiary/aromatic N) is 4. The molecule has 0 bridgehead atoms. The highest BCUT2D eigenvalue weighted by Gasteiger charge is 2.26. The van der Waals surface area contributed by atoms with Crippen LogP contribution in [0.1, 0.15) is 5.82 Å². The molecular weight excluding hydrogens is 304 g/mol. The molecule has 0 saturated carbocycles. The number of imidazole rings is 1. The van der Waals surface area contributed by atoms with E-state index in [1.54, 1.807) is 18.2 Å². The number of aryl methyl sites for hydroxylation is 1. The number of benzene rings is 1. The van der Waals surface area contributed by atoms with E-state index in [9.17, 15) is 8.42 Å². The van der Waals surface area contributed by atoms with Crippen LogP contribution >= 0.6 is 0 Å².